The Balaban J connectivity index is -0.0000000800. The molecule has 0 atom stereocenters. The summed E-state index contributed by atoms with van der Waals surface area (Å²) in [6.07, 6.45) is 0. The maximum absolute atomic E-state index is 4.53. The highest BCUT2D eigenvalue weighted by Gasteiger charge is 1.61. The van der Waals surface area contributed by atoms with E-state index in [1.807, 2.05) is 6.92 Å². The van der Waals surface area contributed by atoms with Gasteiger partial charge in [0.2, 0.25) is 0 Å². The molecule has 0 aliphatic carbocycles. The highest BCUT2D eigenvalue weighted by Crippen LogP contribution is 1.42. The summed E-state index contributed by atoms with van der Waals surface area (Å²) in [6, 6.07) is 0. The molecule has 0 unspecified atom stereocenters. The normalized spacial score (nSPS) is 6.00. The first kappa shape index (κ1) is 15.7. The molecule has 0 saturated heterocycles. The Morgan fingerprint density at radius 3 is 2.00 bits per heavy atom. The van der Waals surface area contributed by atoms with Crippen molar-refractivity contribution in [3.63, 3.8) is 0 Å². The van der Waals surface area contributed by atoms with Gasteiger partial charge >= 0.3 is 0 Å². The van der Waals surface area contributed by atoms with Crippen molar-refractivity contribution < 1.29 is 4.94 Å². The van der Waals surface area contributed by atoms with E-state index in [4.69, 9.17) is 0 Å². The zero-order valence-corrected chi connectivity index (χ0v) is 5.64. The average Bonchev–Trinajstić information content (AvgIpc) is 1.41. The molecule has 0 bridgehead atoms. The fourth-order valence-corrected chi connectivity index (χ4v) is 0.0833. The lowest BCUT2D eigenvalue weighted by atomic mass is 10.8. The summed E-state index contributed by atoms with van der Waals surface area (Å²) >= 11 is 0. The zero-order chi connectivity index (χ0) is 4.12. The number of hydrogen-bond donors (Lipinski definition) is 2. The Labute approximate surface area is 55.3 Å². The first-order chi connectivity index (χ1) is 2.41. The van der Waals surface area contributed by atoms with Crippen molar-refractivity contribution in [3.8, 4) is 0 Å². The molecule has 7 heavy (non-hydrogen) atoms. The van der Waals surface area contributed by atoms with Crippen LogP contribution in [0.4, 0.5) is 0 Å². The van der Waals surface area contributed by atoms with Gasteiger partial charge < -0.3 is 0 Å². The zero-order valence-electron chi connectivity index (χ0n) is 4.01. The van der Waals surface area contributed by atoms with E-state index >= 15 is 0 Å². The van der Waals surface area contributed by atoms with Crippen LogP contribution in [0.5, 0.6) is 0 Å². The van der Waals surface area contributed by atoms with Crippen LogP contribution in [0.15, 0.2) is 0 Å². The molecule has 0 amide bonds. The van der Waals surface area contributed by atoms with Crippen LogP contribution in [0.1, 0.15) is 6.92 Å². The van der Waals surface area contributed by atoms with Gasteiger partial charge in [0, 0.05) is 6.54 Å². The summed E-state index contributed by atoms with van der Waals surface area (Å²) in [5.41, 5.74) is 2.39. The Morgan fingerprint density at radius 1 is 1.57 bits per heavy atom. The minimum atomic E-state index is 0. The largest absolute Gasteiger partial charge is 0.217 e. The van der Waals surface area contributed by atoms with Crippen LogP contribution in [-0.2, 0) is 4.94 Å². The maximum Gasteiger partial charge on any atom is 0.0200 e. The number of nitrogens with two attached hydrogens (primary N) is 1. The molecule has 0 radical (unpaired) electrons. The van der Waals surface area contributed by atoms with E-state index in [-0.39, 0.29) is 24.8 Å². The fourth-order valence-electron chi connectivity index (χ4n) is 0.0833. The molecule has 0 aliphatic rings. The van der Waals surface area contributed by atoms with E-state index in [9.17, 15) is 0 Å². The van der Waals surface area contributed by atoms with Gasteiger partial charge in [0.05, 0.1) is 0 Å². The predicted octanol–water partition coefficient (Wildman–Crippen LogP) is 0.245. The first-order valence-corrected chi connectivity index (χ1v) is 1.50. The molecule has 48 valence electrons. The fraction of sp³-hybridized carbons (Fsp3) is 1.00. The molecule has 3 N–H and O–H groups in total. The number of halogens is 2. The molecule has 0 saturated carbocycles. The lowest BCUT2D eigenvalue weighted by Crippen LogP contribution is -2.17. The van der Waals surface area contributed by atoms with E-state index < -0.39 is 0 Å². The van der Waals surface area contributed by atoms with Crippen molar-refractivity contribution in [1.29, 1.82) is 0 Å². The second kappa shape index (κ2) is 16.1. The lowest BCUT2D eigenvalue weighted by molar-refractivity contribution is 0.0445. The Hall–Kier alpha value is 0.460. The molecule has 0 fully saturated rings. The summed E-state index contributed by atoms with van der Waals surface area (Å²) in [5.74, 6) is 4.53. The number of hydrogen-bond acceptors (Lipinski definition) is 3. The molecule has 0 aromatic rings. The third kappa shape index (κ3) is 21.2. The van der Waals surface area contributed by atoms with Crippen LogP contribution in [0.25, 0.3) is 0 Å². The predicted molar refractivity (Wildman–Crippen MR) is 33.4 cm³/mol. The maximum atomic E-state index is 4.53. The minimum absolute atomic E-state index is 0. The molecule has 0 aliphatic heterocycles. The van der Waals surface area contributed by atoms with Gasteiger partial charge in [-0.1, -0.05) is 6.92 Å². The van der Waals surface area contributed by atoms with E-state index in [1.54, 1.807) is 0 Å². The van der Waals surface area contributed by atoms with E-state index in [2.05, 4.69) is 16.3 Å². The van der Waals surface area contributed by atoms with Crippen molar-refractivity contribution in [3.05, 3.63) is 0 Å². The van der Waals surface area contributed by atoms with Crippen molar-refractivity contribution in [2.45, 2.75) is 6.92 Å². The van der Waals surface area contributed by atoms with Gasteiger partial charge in [-0.2, -0.15) is 11.4 Å². The van der Waals surface area contributed by atoms with Crippen molar-refractivity contribution in [1.82, 2.24) is 5.48 Å². The summed E-state index contributed by atoms with van der Waals surface area (Å²) in [4.78, 5) is 3.94. The Kier molecular flexibility index (Phi) is 36.0. The molecule has 0 aromatic heterocycles. The second-order valence-electron chi connectivity index (χ2n) is 0.616. The first-order valence-electron chi connectivity index (χ1n) is 1.50. The Morgan fingerprint density at radius 2 is 2.00 bits per heavy atom. The van der Waals surface area contributed by atoms with Crippen LogP contribution < -0.4 is 11.4 Å². The monoisotopic (exact) mass is 148 g/mol. The summed E-state index contributed by atoms with van der Waals surface area (Å²) in [5, 5.41) is 0. The van der Waals surface area contributed by atoms with Gasteiger partial charge in [0.25, 0.3) is 0 Å². The molecule has 3 nitrogen and oxygen atoms in total. The lowest BCUT2D eigenvalue weighted by Gasteiger charge is -1.87. The van der Waals surface area contributed by atoms with Gasteiger partial charge in [0.15, 0.2) is 0 Å². The van der Waals surface area contributed by atoms with Crippen LogP contribution in [-0.4, -0.2) is 6.54 Å². The number of hydroxylamine groups is 1. The van der Waals surface area contributed by atoms with Gasteiger partial charge in [-0.25, -0.2) is 4.94 Å². The SMILES string of the molecule is CCNON.Cl.Cl. The number of nitrogens with one attached hydrogen (secondary N) is 1. The molecular weight excluding hydrogens is 139 g/mol. The van der Waals surface area contributed by atoms with Crippen molar-refractivity contribution in [2.24, 2.45) is 5.90 Å². The number of rotatable bonds is 2. The smallest absolute Gasteiger partial charge is 0.0200 e. The van der Waals surface area contributed by atoms with Gasteiger partial charge in [-0.15, -0.1) is 24.8 Å². The molecule has 5 heteroatoms. The summed E-state index contributed by atoms with van der Waals surface area (Å²) in [7, 11) is 0. The van der Waals surface area contributed by atoms with Crippen LogP contribution >= 0.6 is 24.8 Å². The van der Waals surface area contributed by atoms with Crippen molar-refractivity contribution in [2.75, 3.05) is 6.54 Å². The van der Waals surface area contributed by atoms with Crippen LogP contribution in [0, 0.1) is 0 Å². The highest BCUT2D eigenvalue weighted by atomic mass is 35.5. The van der Waals surface area contributed by atoms with E-state index in [1.165, 1.54) is 0 Å². The third-order valence-electron chi connectivity index (χ3n) is 0.228. The minimum Gasteiger partial charge on any atom is -0.217 e. The molecule has 0 spiro atoms. The van der Waals surface area contributed by atoms with E-state index in [0.29, 0.717) is 0 Å². The van der Waals surface area contributed by atoms with Crippen LogP contribution in [0.3, 0.4) is 0 Å². The quantitative estimate of drug-likeness (QED) is 0.553. The van der Waals surface area contributed by atoms with Gasteiger partial charge in [-0.3, -0.25) is 0 Å². The summed E-state index contributed by atoms with van der Waals surface area (Å²) in [6.45, 7) is 2.64. The molecular formula is C2H10Cl2N2O. The van der Waals surface area contributed by atoms with E-state index in [0.717, 1.165) is 6.54 Å². The topological polar surface area (TPSA) is 47.3 Å². The second-order valence-corrected chi connectivity index (χ2v) is 0.616. The average molecular weight is 149 g/mol. The van der Waals surface area contributed by atoms with Crippen molar-refractivity contribution >= 4 is 24.8 Å². The highest BCUT2D eigenvalue weighted by molar-refractivity contribution is 5.85. The third-order valence-corrected chi connectivity index (χ3v) is 0.228. The Bertz CT molecular complexity index is 21.2. The van der Waals surface area contributed by atoms with Gasteiger partial charge in [0.1, 0.15) is 0 Å². The molecule has 0 aromatic carbocycles. The summed E-state index contributed by atoms with van der Waals surface area (Å²) < 4.78 is 0. The van der Waals surface area contributed by atoms with Crippen LogP contribution in [0.2, 0.25) is 0 Å². The standard InChI is InChI=1S/C2H8N2O.2ClH/c1-2-4-5-3;;/h4H,2-3H2,1H3;2*1H. The molecule has 0 heterocycles. The van der Waals surface area contributed by atoms with Gasteiger partial charge in [-0.05, 0) is 0 Å². The molecule has 0 rings (SSSR count).